The zero-order valence-corrected chi connectivity index (χ0v) is 7.02. The number of carboxylic acid groups (broad SMARTS) is 1. The lowest BCUT2D eigenvalue weighted by atomic mass is 10.4. The fraction of sp³-hybridized carbons (Fsp3) is 0.125. The summed E-state index contributed by atoms with van der Waals surface area (Å²) in [5.74, 6) is 4.50. The first-order chi connectivity index (χ1) is 5.74. The van der Waals surface area contributed by atoms with Crippen molar-refractivity contribution < 1.29 is 9.90 Å². The molecule has 1 aromatic rings. The highest BCUT2D eigenvalue weighted by molar-refractivity contribution is 7.14. The highest BCUT2D eigenvalue weighted by Crippen LogP contribution is 2.14. The lowest BCUT2D eigenvalue weighted by Crippen LogP contribution is -1.92. The Hall–Kier alpha value is -1.31. The zero-order chi connectivity index (χ0) is 8.97. The summed E-state index contributed by atoms with van der Waals surface area (Å²) in [5.41, 5.74) is 5.16. The van der Waals surface area contributed by atoms with Gasteiger partial charge in [-0.3, -0.25) is 0 Å². The van der Waals surface area contributed by atoms with Gasteiger partial charge in [0.1, 0.15) is 4.88 Å². The van der Waals surface area contributed by atoms with Crippen LogP contribution in [-0.2, 0) is 0 Å². The molecule has 3 nitrogen and oxygen atoms in total. The van der Waals surface area contributed by atoms with Crippen molar-refractivity contribution in [1.29, 1.82) is 0 Å². The third kappa shape index (κ3) is 2.09. The SMILES string of the molecule is NCC#Cc1ccc(C(=O)O)s1. The van der Waals surface area contributed by atoms with Crippen LogP contribution in [0.2, 0.25) is 0 Å². The van der Waals surface area contributed by atoms with E-state index in [-0.39, 0.29) is 0 Å². The maximum atomic E-state index is 10.4. The number of carboxylic acids is 1. The lowest BCUT2D eigenvalue weighted by Gasteiger charge is -1.80. The molecule has 0 aromatic carbocycles. The smallest absolute Gasteiger partial charge is 0.345 e. The molecular weight excluding hydrogens is 174 g/mol. The van der Waals surface area contributed by atoms with Crippen LogP contribution in [0, 0.1) is 11.8 Å². The summed E-state index contributed by atoms with van der Waals surface area (Å²) in [5, 5.41) is 8.56. The summed E-state index contributed by atoms with van der Waals surface area (Å²) in [6.45, 7) is 0.292. The van der Waals surface area contributed by atoms with Crippen LogP contribution in [0.25, 0.3) is 0 Å². The molecule has 0 saturated heterocycles. The number of thiophene rings is 1. The van der Waals surface area contributed by atoms with Crippen LogP contribution in [-0.4, -0.2) is 17.6 Å². The van der Waals surface area contributed by atoms with Gasteiger partial charge in [-0.25, -0.2) is 4.79 Å². The normalized spacial score (nSPS) is 8.75. The van der Waals surface area contributed by atoms with E-state index in [0.717, 1.165) is 16.2 Å². The minimum absolute atomic E-state index is 0.292. The molecule has 0 saturated carbocycles. The van der Waals surface area contributed by atoms with Crippen molar-refractivity contribution in [3.8, 4) is 11.8 Å². The lowest BCUT2D eigenvalue weighted by molar-refractivity contribution is 0.0702. The molecule has 1 heterocycles. The second-order valence-electron chi connectivity index (χ2n) is 1.97. The van der Waals surface area contributed by atoms with Crippen molar-refractivity contribution in [2.75, 3.05) is 6.54 Å². The average molecular weight is 181 g/mol. The van der Waals surface area contributed by atoms with Crippen molar-refractivity contribution in [3.05, 3.63) is 21.9 Å². The van der Waals surface area contributed by atoms with Crippen LogP contribution in [0.15, 0.2) is 12.1 Å². The van der Waals surface area contributed by atoms with Crippen LogP contribution in [0.4, 0.5) is 0 Å². The Morgan fingerprint density at radius 1 is 1.67 bits per heavy atom. The molecule has 0 spiro atoms. The van der Waals surface area contributed by atoms with Crippen molar-refractivity contribution in [2.45, 2.75) is 0 Å². The molecule has 1 aromatic heterocycles. The van der Waals surface area contributed by atoms with Gasteiger partial charge in [-0.1, -0.05) is 11.8 Å². The summed E-state index contributed by atoms with van der Waals surface area (Å²) in [6.07, 6.45) is 0. The Kier molecular flexibility index (Phi) is 2.86. The second kappa shape index (κ2) is 3.90. The van der Waals surface area contributed by atoms with Gasteiger partial charge in [-0.05, 0) is 12.1 Å². The first-order valence-electron chi connectivity index (χ1n) is 3.26. The molecule has 0 atom stereocenters. The first-order valence-corrected chi connectivity index (χ1v) is 4.07. The van der Waals surface area contributed by atoms with Crippen LogP contribution in [0.1, 0.15) is 14.5 Å². The first kappa shape index (κ1) is 8.78. The summed E-state index contributed by atoms with van der Waals surface area (Å²) < 4.78 is 0. The van der Waals surface area contributed by atoms with Crippen LogP contribution in [0.3, 0.4) is 0 Å². The molecule has 62 valence electrons. The Morgan fingerprint density at radius 3 is 2.92 bits per heavy atom. The van der Waals surface area contributed by atoms with Crippen LogP contribution < -0.4 is 5.73 Å². The van der Waals surface area contributed by atoms with Gasteiger partial charge in [-0.15, -0.1) is 11.3 Å². The van der Waals surface area contributed by atoms with Crippen molar-refractivity contribution in [1.82, 2.24) is 0 Å². The summed E-state index contributed by atoms with van der Waals surface area (Å²) in [4.78, 5) is 11.5. The Labute approximate surface area is 73.8 Å². The van der Waals surface area contributed by atoms with Crippen molar-refractivity contribution in [2.24, 2.45) is 5.73 Å². The number of hydrogen-bond acceptors (Lipinski definition) is 3. The Bertz CT molecular complexity index is 345. The maximum absolute atomic E-state index is 10.4. The largest absolute Gasteiger partial charge is 0.477 e. The van der Waals surface area contributed by atoms with E-state index in [2.05, 4.69) is 11.8 Å². The Morgan fingerprint density at radius 2 is 2.42 bits per heavy atom. The highest BCUT2D eigenvalue weighted by Gasteiger charge is 2.04. The van der Waals surface area contributed by atoms with Gasteiger partial charge in [-0.2, -0.15) is 0 Å². The molecule has 0 unspecified atom stereocenters. The predicted molar refractivity (Wildman–Crippen MR) is 47.2 cm³/mol. The molecule has 1 rings (SSSR count). The maximum Gasteiger partial charge on any atom is 0.345 e. The molecule has 4 heteroatoms. The highest BCUT2D eigenvalue weighted by atomic mass is 32.1. The van der Waals surface area contributed by atoms with E-state index < -0.39 is 5.97 Å². The topological polar surface area (TPSA) is 63.3 Å². The average Bonchev–Trinajstić information content (AvgIpc) is 2.48. The van der Waals surface area contributed by atoms with Crippen molar-refractivity contribution >= 4 is 17.3 Å². The van der Waals surface area contributed by atoms with E-state index in [1.165, 1.54) is 6.07 Å². The number of rotatable bonds is 1. The van der Waals surface area contributed by atoms with Crippen molar-refractivity contribution in [3.63, 3.8) is 0 Å². The van der Waals surface area contributed by atoms with Gasteiger partial charge in [0.25, 0.3) is 0 Å². The van der Waals surface area contributed by atoms with Gasteiger partial charge in [0.05, 0.1) is 11.4 Å². The summed E-state index contributed by atoms with van der Waals surface area (Å²) >= 11 is 1.15. The molecule has 0 aliphatic rings. The predicted octanol–water partition coefficient (Wildman–Crippen LogP) is 0.757. The molecule has 3 N–H and O–H groups in total. The molecule has 0 bridgehead atoms. The van der Waals surface area contributed by atoms with E-state index >= 15 is 0 Å². The van der Waals surface area contributed by atoms with E-state index in [1.807, 2.05) is 0 Å². The Balaban J connectivity index is 2.84. The number of aromatic carboxylic acids is 1. The van der Waals surface area contributed by atoms with Gasteiger partial charge in [0.15, 0.2) is 0 Å². The second-order valence-corrected chi connectivity index (χ2v) is 3.06. The number of carbonyl (C=O) groups is 1. The molecule has 0 aliphatic carbocycles. The molecule has 0 fully saturated rings. The van der Waals surface area contributed by atoms with E-state index in [1.54, 1.807) is 6.07 Å². The van der Waals surface area contributed by atoms with E-state index in [0.29, 0.717) is 11.4 Å². The summed E-state index contributed by atoms with van der Waals surface area (Å²) in [6, 6.07) is 3.21. The number of nitrogens with two attached hydrogens (primary N) is 1. The van der Waals surface area contributed by atoms with Gasteiger partial charge < -0.3 is 10.8 Å². The number of hydrogen-bond donors (Lipinski definition) is 2. The minimum Gasteiger partial charge on any atom is -0.477 e. The minimum atomic E-state index is -0.916. The molecule has 12 heavy (non-hydrogen) atoms. The van der Waals surface area contributed by atoms with Gasteiger partial charge >= 0.3 is 5.97 Å². The standard InChI is InChI=1S/C8H7NO2S/c9-5-1-2-6-3-4-7(12-6)8(10)11/h3-4H,5,9H2,(H,10,11). The van der Waals surface area contributed by atoms with E-state index in [9.17, 15) is 4.79 Å². The molecule has 0 radical (unpaired) electrons. The zero-order valence-electron chi connectivity index (χ0n) is 6.20. The molecule has 0 aliphatic heterocycles. The summed E-state index contributed by atoms with van der Waals surface area (Å²) in [7, 11) is 0. The van der Waals surface area contributed by atoms with E-state index in [4.69, 9.17) is 10.8 Å². The van der Waals surface area contributed by atoms with Gasteiger partial charge in [0.2, 0.25) is 0 Å². The third-order valence-corrected chi connectivity index (χ3v) is 2.12. The molecule has 0 amide bonds. The quantitative estimate of drug-likeness (QED) is 0.628. The van der Waals surface area contributed by atoms with Crippen LogP contribution in [0.5, 0.6) is 0 Å². The van der Waals surface area contributed by atoms with Gasteiger partial charge in [0, 0.05) is 0 Å². The fourth-order valence-corrected chi connectivity index (χ4v) is 1.38. The fourth-order valence-electron chi connectivity index (χ4n) is 0.658. The monoisotopic (exact) mass is 181 g/mol. The van der Waals surface area contributed by atoms with Crippen LogP contribution >= 0.6 is 11.3 Å². The third-order valence-electron chi connectivity index (χ3n) is 1.13. The molecular formula is C8H7NO2S.